The van der Waals surface area contributed by atoms with Gasteiger partial charge in [-0.05, 0) is 73.0 Å². The summed E-state index contributed by atoms with van der Waals surface area (Å²) in [6, 6.07) is 19.5. The van der Waals surface area contributed by atoms with Gasteiger partial charge < -0.3 is 14.8 Å². The fourth-order valence-electron chi connectivity index (χ4n) is 3.56. The molecule has 0 spiro atoms. The summed E-state index contributed by atoms with van der Waals surface area (Å²) in [7, 11) is 1.54. The summed E-state index contributed by atoms with van der Waals surface area (Å²) < 4.78 is 12.5. The second-order valence-corrected chi connectivity index (χ2v) is 7.97. The van der Waals surface area contributed by atoms with E-state index in [9.17, 15) is 14.9 Å². The Hall–Kier alpha value is -4.90. The van der Waals surface area contributed by atoms with E-state index in [0.717, 1.165) is 17.5 Å². The maximum absolute atomic E-state index is 13.4. The molecular weight excluding hydrogens is 456 g/mol. The number of fused-ring (bicyclic) bond motifs is 1. The lowest BCUT2D eigenvalue weighted by Crippen LogP contribution is -2.20. The number of anilines is 1. The van der Waals surface area contributed by atoms with E-state index in [1.165, 1.54) is 10.5 Å². The van der Waals surface area contributed by atoms with Gasteiger partial charge in [0.15, 0.2) is 0 Å². The van der Waals surface area contributed by atoms with Crippen LogP contribution >= 0.6 is 0 Å². The number of methoxy groups -OCH3 is 1. The predicted octanol–water partition coefficient (Wildman–Crippen LogP) is 4.91. The Labute approximate surface area is 208 Å². The van der Waals surface area contributed by atoms with Gasteiger partial charge in [-0.25, -0.2) is 0 Å². The van der Waals surface area contributed by atoms with E-state index in [1.54, 1.807) is 55.8 Å². The Morgan fingerprint density at radius 3 is 2.44 bits per heavy atom. The number of carbonyl (C=O) groups is 1. The highest BCUT2D eigenvalue weighted by Crippen LogP contribution is 2.25. The molecule has 2 aromatic heterocycles. The molecule has 0 aliphatic rings. The van der Waals surface area contributed by atoms with Crippen LogP contribution in [0.15, 0.2) is 77.2 Å². The summed E-state index contributed by atoms with van der Waals surface area (Å²) in [5, 5.41) is 12.4. The van der Waals surface area contributed by atoms with Crippen LogP contribution in [0.5, 0.6) is 17.4 Å². The molecule has 0 radical (unpaired) electrons. The molecule has 8 heteroatoms. The number of aromatic nitrogens is 2. The minimum atomic E-state index is -0.672. The van der Waals surface area contributed by atoms with Crippen LogP contribution < -0.4 is 20.3 Å². The van der Waals surface area contributed by atoms with E-state index in [2.05, 4.69) is 10.3 Å². The minimum absolute atomic E-state index is 0.00328. The quantitative estimate of drug-likeness (QED) is 0.298. The first-order valence-electron chi connectivity index (χ1n) is 11.3. The molecule has 0 saturated heterocycles. The van der Waals surface area contributed by atoms with E-state index < -0.39 is 11.5 Å². The van der Waals surface area contributed by atoms with Crippen LogP contribution in [0.25, 0.3) is 11.7 Å². The molecule has 4 aromatic rings. The van der Waals surface area contributed by atoms with E-state index in [1.807, 2.05) is 38.1 Å². The van der Waals surface area contributed by atoms with Crippen molar-refractivity contribution < 1.29 is 14.3 Å². The van der Waals surface area contributed by atoms with Crippen molar-refractivity contribution in [2.24, 2.45) is 0 Å². The molecule has 36 heavy (non-hydrogen) atoms. The van der Waals surface area contributed by atoms with E-state index >= 15 is 0 Å². The predicted molar refractivity (Wildman–Crippen MR) is 137 cm³/mol. The van der Waals surface area contributed by atoms with E-state index in [-0.39, 0.29) is 17.0 Å². The molecule has 8 nitrogen and oxygen atoms in total. The second-order valence-electron chi connectivity index (χ2n) is 7.97. The van der Waals surface area contributed by atoms with Gasteiger partial charge in [-0.3, -0.25) is 14.0 Å². The van der Waals surface area contributed by atoms with Crippen molar-refractivity contribution in [3.05, 3.63) is 99.5 Å². The van der Waals surface area contributed by atoms with E-state index in [0.29, 0.717) is 22.8 Å². The lowest BCUT2D eigenvalue weighted by Gasteiger charge is -2.12. The van der Waals surface area contributed by atoms with Crippen molar-refractivity contribution in [2.45, 2.75) is 20.3 Å². The van der Waals surface area contributed by atoms with Crippen molar-refractivity contribution in [3.8, 4) is 23.4 Å². The van der Waals surface area contributed by atoms with Crippen molar-refractivity contribution in [3.63, 3.8) is 0 Å². The van der Waals surface area contributed by atoms with Crippen LogP contribution in [0.1, 0.15) is 23.6 Å². The third-order valence-electron chi connectivity index (χ3n) is 5.60. The largest absolute Gasteiger partial charge is 0.497 e. The van der Waals surface area contributed by atoms with Crippen LogP contribution in [0.2, 0.25) is 0 Å². The maximum atomic E-state index is 13.4. The SMILES string of the molecule is CCc1ccc(Oc2nc3c(C)cccn3c(=O)c2/C=C(\C#N)C(=O)Nc2ccc(OC)cc2)cc1. The molecule has 4 rings (SSSR count). The molecule has 2 heterocycles. The number of amides is 1. The summed E-state index contributed by atoms with van der Waals surface area (Å²) in [6.07, 6.45) is 3.66. The molecule has 0 bridgehead atoms. The summed E-state index contributed by atoms with van der Waals surface area (Å²) in [5.41, 5.74) is 2.04. The Morgan fingerprint density at radius 2 is 1.81 bits per heavy atom. The number of benzene rings is 2. The summed E-state index contributed by atoms with van der Waals surface area (Å²) in [4.78, 5) is 30.9. The highest BCUT2D eigenvalue weighted by atomic mass is 16.5. The van der Waals surface area contributed by atoms with E-state index in [4.69, 9.17) is 9.47 Å². The molecule has 0 unspecified atom stereocenters. The summed E-state index contributed by atoms with van der Waals surface area (Å²) >= 11 is 0. The molecule has 180 valence electrons. The molecule has 1 amide bonds. The number of nitrogens with one attached hydrogen (secondary N) is 1. The molecule has 0 aliphatic carbocycles. The number of nitriles is 1. The van der Waals surface area contributed by atoms with Gasteiger partial charge >= 0.3 is 0 Å². The Morgan fingerprint density at radius 1 is 1.11 bits per heavy atom. The molecule has 0 atom stereocenters. The number of pyridine rings is 1. The first kappa shape index (κ1) is 24.2. The van der Waals surface area contributed by atoms with Crippen LogP contribution in [-0.4, -0.2) is 22.4 Å². The molecule has 0 saturated carbocycles. The third kappa shape index (κ3) is 5.10. The average Bonchev–Trinajstić information content (AvgIpc) is 2.90. The maximum Gasteiger partial charge on any atom is 0.269 e. The van der Waals surface area contributed by atoms with Gasteiger partial charge in [-0.1, -0.05) is 25.1 Å². The van der Waals surface area contributed by atoms with Gasteiger partial charge in [-0.15, -0.1) is 0 Å². The first-order chi connectivity index (χ1) is 17.4. The third-order valence-corrected chi connectivity index (χ3v) is 5.60. The molecular formula is C28H24N4O4. The number of ether oxygens (including phenoxy) is 2. The number of aryl methyl sites for hydroxylation is 2. The lowest BCUT2D eigenvalue weighted by atomic mass is 10.1. The Kier molecular flexibility index (Phi) is 7.12. The van der Waals surface area contributed by atoms with Crippen LogP contribution in [0.3, 0.4) is 0 Å². The van der Waals surface area contributed by atoms with Gasteiger partial charge in [0.2, 0.25) is 5.88 Å². The van der Waals surface area contributed by atoms with Gasteiger partial charge in [0.1, 0.15) is 34.4 Å². The first-order valence-corrected chi connectivity index (χ1v) is 11.3. The topological polar surface area (TPSA) is 106 Å². The van der Waals surface area contributed by atoms with Crippen molar-refractivity contribution in [2.75, 3.05) is 12.4 Å². The van der Waals surface area contributed by atoms with Crippen LogP contribution in [-0.2, 0) is 11.2 Å². The number of nitrogens with zero attached hydrogens (tertiary/aromatic N) is 3. The standard InChI is InChI=1S/C28H24N4O4/c1-4-19-7-11-23(12-8-19)36-27-24(28(34)32-15-5-6-18(2)25(32)31-27)16-20(17-29)26(33)30-21-9-13-22(35-3)14-10-21/h5-16H,4H2,1-3H3,(H,30,33)/b20-16+. The Balaban J connectivity index is 1.78. The summed E-state index contributed by atoms with van der Waals surface area (Å²) in [5.74, 6) is 0.439. The second kappa shape index (κ2) is 10.6. The number of rotatable bonds is 7. The fourth-order valence-corrected chi connectivity index (χ4v) is 3.56. The van der Waals surface area contributed by atoms with Crippen molar-refractivity contribution in [1.29, 1.82) is 5.26 Å². The van der Waals surface area contributed by atoms with Crippen molar-refractivity contribution >= 4 is 23.3 Å². The Bertz CT molecular complexity index is 1550. The van der Waals surface area contributed by atoms with Gasteiger partial charge in [-0.2, -0.15) is 10.2 Å². The van der Waals surface area contributed by atoms with Crippen LogP contribution in [0.4, 0.5) is 5.69 Å². The van der Waals surface area contributed by atoms with Crippen molar-refractivity contribution in [1.82, 2.24) is 9.38 Å². The molecule has 0 fully saturated rings. The van der Waals surface area contributed by atoms with Gasteiger partial charge in [0.25, 0.3) is 11.5 Å². The molecule has 2 aromatic carbocycles. The molecule has 0 aliphatic heterocycles. The zero-order chi connectivity index (χ0) is 25.7. The zero-order valence-electron chi connectivity index (χ0n) is 20.1. The lowest BCUT2D eigenvalue weighted by molar-refractivity contribution is -0.112. The summed E-state index contributed by atoms with van der Waals surface area (Å²) in [6.45, 7) is 3.88. The van der Waals surface area contributed by atoms with Gasteiger partial charge in [0.05, 0.1) is 7.11 Å². The normalized spacial score (nSPS) is 11.1. The number of hydrogen-bond donors (Lipinski definition) is 1. The highest BCUT2D eigenvalue weighted by Gasteiger charge is 2.18. The number of carbonyl (C=O) groups excluding carboxylic acids is 1. The average molecular weight is 481 g/mol. The monoisotopic (exact) mass is 480 g/mol. The number of hydrogen-bond acceptors (Lipinski definition) is 6. The minimum Gasteiger partial charge on any atom is -0.497 e. The zero-order valence-corrected chi connectivity index (χ0v) is 20.1. The highest BCUT2D eigenvalue weighted by molar-refractivity contribution is 6.09. The smallest absolute Gasteiger partial charge is 0.269 e. The molecule has 1 N–H and O–H groups in total. The van der Waals surface area contributed by atoms with Gasteiger partial charge in [0, 0.05) is 11.9 Å². The van der Waals surface area contributed by atoms with Crippen LogP contribution in [0, 0.1) is 18.3 Å². The fraction of sp³-hybridized carbons (Fsp3) is 0.143.